The highest BCUT2D eigenvalue weighted by Crippen LogP contribution is 2.33. The van der Waals surface area contributed by atoms with Crippen LogP contribution in [0, 0.1) is 0 Å². The molecule has 0 fully saturated rings. The standard InChI is InChI=1S/C16H10.C4H6O2.CH4O/c1-3-11-7-9-13-5-2-6-14-10-8-12(4-1)15(11)16(13)14;1-3(2)4(5)6;1-2/h1-10H;1H2,2H3,(H,5,6);2H,1H3. The third-order valence-electron chi connectivity index (χ3n) is 3.76. The summed E-state index contributed by atoms with van der Waals surface area (Å²) in [5.41, 5.74) is 0.176. The first-order valence-electron chi connectivity index (χ1n) is 7.54. The summed E-state index contributed by atoms with van der Waals surface area (Å²) >= 11 is 0. The second-order valence-electron chi connectivity index (χ2n) is 5.38. The van der Waals surface area contributed by atoms with E-state index >= 15 is 0 Å². The van der Waals surface area contributed by atoms with E-state index in [0.29, 0.717) is 0 Å². The van der Waals surface area contributed by atoms with Crippen LogP contribution < -0.4 is 0 Å². The van der Waals surface area contributed by atoms with Crippen LogP contribution in [-0.2, 0) is 4.79 Å². The molecule has 4 aromatic carbocycles. The minimum absolute atomic E-state index is 0.176. The van der Waals surface area contributed by atoms with Crippen molar-refractivity contribution in [3.63, 3.8) is 0 Å². The van der Waals surface area contributed by atoms with Crippen molar-refractivity contribution in [1.82, 2.24) is 0 Å². The van der Waals surface area contributed by atoms with Gasteiger partial charge in [-0.3, -0.25) is 0 Å². The predicted octanol–water partition coefficient (Wildman–Crippen LogP) is 4.84. The van der Waals surface area contributed by atoms with Gasteiger partial charge in [-0.25, -0.2) is 4.79 Å². The molecule has 0 aromatic heterocycles. The molecule has 3 heteroatoms. The molecule has 0 unspecified atom stereocenters. The molecular formula is C21H20O3. The van der Waals surface area contributed by atoms with Crippen LogP contribution in [-0.4, -0.2) is 23.3 Å². The van der Waals surface area contributed by atoms with Gasteiger partial charge < -0.3 is 10.2 Å². The van der Waals surface area contributed by atoms with E-state index < -0.39 is 5.97 Å². The topological polar surface area (TPSA) is 57.5 Å². The predicted molar refractivity (Wildman–Crippen MR) is 101 cm³/mol. The molecule has 0 radical (unpaired) electrons. The first-order valence-corrected chi connectivity index (χ1v) is 7.54. The molecular weight excluding hydrogens is 300 g/mol. The van der Waals surface area contributed by atoms with Gasteiger partial charge in [0.25, 0.3) is 0 Å². The first kappa shape index (κ1) is 17.4. The van der Waals surface area contributed by atoms with Crippen LogP contribution in [0.15, 0.2) is 72.8 Å². The largest absolute Gasteiger partial charge is 0.478 e. The first-order chi connectivity index (χ1) is 11.6. The maximum atomic E-state index is 9.60. The molecule has 0 saturated carbocycles. The van der Waals surface area contributed by atoms with E-state index in [1.165, 1.54) is 39.2 Å². The summed E-state index contributed by atoms with van der Waals surface area (Å²) in [5, 5.41) is 23.0. The zero-order chi connectivity index (χ0) is 17.7. The molecule has 0 heterocycles. The third kappa shape index (κ3) is 3.36. The summed E-state index contributed by atoms with van der Waals surface area (Å²) in [4.78, 5) is 9.60. The van der Waals surface area contributed by atoms with Gasteiger partial charge in [-0.15, -0.1) is 0 Å². The average molecular weight is 320 g/mol. The molecule has 0 amide bonds. The number of hydrogen-bond donors (Lipinski definition) is 2. The second kappa shape index (κ2) is 7.57. The number of rotatable bonds is 1. The van der Waals surface area contributed by atoms with Crippen LogP contribution in [0.25, 0.3) is 32.3 Å². The Morgan fingerprint density at radius 2 is 1.00 bits per heavy atom. The van der Waals surface area contributed by atoms with Crippen molar-refractivity contribution < 1.29 is 15.0 Å². The van der Waals surface area contributed by atoms with Gasteiger partial charge >= 0.3 is 5.97 Å². The molecule has 0 saturated heterocycles. The summed E-state index contributed by atoms with van der Waals surface area (Å²) < 4.78 is 0. The number of carboxylic acids is 1. The smallest absolute Gasteiger partial charge is 0.330 e. The van der Waals surface area contributed by atoms with Crippen LogP contribution >= 0.6 is 0 Å². The molecule has 3 nitrogen and oxygen atoms in total. The van der Waals surface area contributed by atoms with Gasteiger partial charge in [-0.2, -0.15) is 0 Å². The number of hydrogen-bond acceptors (Lipinski definition) is 2. The highest BCUT2D eigenvalue weighted by atomic mass is 16.4. The lowest BCUT2D eigenvalue weighted by molar-refractivity contribution is -0.132. The highest BCUT2D eigenvalue weighted by Gasteiger charge is 2.05. The lowest BCUT2D eigenvalue weighted by Gasteiger charge is -2.09. The number of carboxylic acid groups (broad SMARTS) is 1. The van der Waals surface area contributed by atoms with Crippen LogP contribution in [0.4, 0.5) is 0 Å². The summed E-state index contributed by atoms with van der Waals surface area (Å²) in [6, 6.07) is 21.9. The van der Waals surface area contributed by atoms with E-state index in [2.05, 4.69) is 67.2 Å². The maximum absolute atomic E-state index is 9.60. The highest BCUT2D eigenvalue weighted by molar-refractivity contribution is 6.22. The molecule has 0 aliphatic rings. The zero-order valence-corrected chi connectivity index (χ0v) is 13.8. The fourth-order valence-corrected chi connectivity index (χ4v) is 2.67. The van der Waals surface area contributed by atoms with Crippen molar-refractivity contribution in [1.29, 1.82) is 0 Å². The molecule has 0 spiro atoms. The molecule has 0 aliphatic carbocycles. The quantitative estimate of drug-likeness (QED) is 0.390. The number of aliphatic hydroxyl groups is 1. The maximum Gasteiger partial charge on any atom is 0.330 e. The van der Waals surface area contributed by atoms with Gasteiger partial charge in [0, 0.05) is 12.7 Å². The zero-order valence-electron chi connectivity index (χ0n) is 13.8. The van der Waals surface area contributed by atoms with Crippen LogP contribution in [0.5, 0.6) is 0 Å². The summed E-state index contributed by atoms with van der Waals surface area (Å²) in [7, 11) is 1.00. The van der Waals surface area contributed by atoms with E-state index in [1.807, 2.05) is 0 Å². The summed E-state index contributed by atoms with van der Waals surface area (Å²) in [6.07, 6.45) is 0. The fourth-order valence-electron chi connectivity index (χ4n) is 2.67. The van der Waals surface area contributed by atoms with Crippen LogP contribution in [0.2, 0.25) is 0 Å². The van der Waals surface area contributed by atoms with Crippen LogP contribution in [0.3, 0.4) is 0 Å². The van der Waals surface area contributed by atoms with Crippen molar-refractivity contribution >= 4 is 38.3 Å². The van der Waals surface area contributed by atoms with Gasteiger partial charge in [0.05, 0.1) is 0 Å². The van der Waals surface area contributed by atoms with Gasteiger partial charge in [0.15, 0.2) is 0 Å². The van der Waals surface area contributed by atoms with E-state index in [0.717, 1.165) is 7.11 Å². The fraction of sp³-hybridized carbons (Fsp3) is 0.0952. The van der Waals surface area contributed by atoms with E-state index in [1.54, 1.807) is 0 Å². The van der Waals surface area contributed by atoms with Gasteiger partial charge in [-0.1, -0.05) is 67.2 Å². The Morgan fingerprint density at radius 1 is 0.750 bits per heavy atom. The SMILES string of the molecule is C=C(C)C(=O)O.CO.c1cc2ccc3cccc4ccc(c1)c2c34. The molecule has 0 bridgehead atoms. The molecule has 4 rings (SSSR count). The Bertz CT molecular complexity index is 844. The third-order valence-corrected chi connectivity index (χ3v) is 3.76. The monoisotopic (exact) mass is 320 g/mol. The van der Waals surface area contributed by atoms with E-state index in [-0.39, 0.29) is 5.57 Å². The Morgan fingerprint density at radius 3 is 1.21 bits per heavy atom. The van der Waals surface area contributed by atoms with Crippen molar-refractivity contribution in [3.8, 4) is 0 Å². The van der Waals surface area contributed by atoms with Crippen molar-refractivity contribution in [2.75, 3.05) is 7.11 Å². The Labute approximate surface area is 140 Å². The minimum atomic E-state index is -0.935. The number of benzene rings is 4. The molecule has 0 atom stereocenters. The average Bonchev–Trinajstić information content (AvgIpc) is 2.62. The number of aliphatic carboxylic acids is 1. The Kier molecular flexibility index (Phi) is 5.51. The van der Waals surface area contributed by atoms with Crippen molar-refractivity contribution in [2.24, 2.45) is 0 Å². The number of aliphatic hydroxyl groups excluding tert-OH is 1. The molecule has 122 valence electrons. The Balaban J connectivity index is 0.000000225. The second-order valence-corrected chi connectivity index (χ2v) is 5.38. The van der Waals surface area contributed by atoms with Crippen molar-refractivity contribution in [2.45, 2.75) is 6.92 Å². The minimum Gasteiger partial charge on any atom is -0.478 e. The molecule has 0 aliphatic heterocycles. The summed E-state index contributed by atoms with van der Waals surface area (Å²) in [5.74, 6) is -0.935. The molecule has 2 N–H and O–H groups in total. The van der Waals surface area contributed by atoms with Gasteiger partial charge in [0.1, 0.15) is 0 Å². The van der Waals surface area contributed by atoms with Crippen LogP contribution in [0.1, 0.15) is 6.92 Å². The molecule has 4 aromatic rings. The normalized spacial score (nSPS) is 9.96. The Hall–Kier alpha value is -2.91. The van der Waals surface area contributed by atoms with E-state index in [4.69, 9.17) is 10.2 Å². The number of carbonyl (C=O) groups is 1. The lowest BCUT2D eigenvalue weighted by atomic mass is 9.95. The lowest BCUT2D eigenvalue weighted by Crippen LogP contribution is -1.92. The van der Waals surface area contributed by atoms with Gasteiger partial charge in [0.2, 0.25) is 0 Å². The summed E-state index contributed by atoms with van der Waals surface area (Å²) in [6.45, 7) is 4.60. The van der Waals surface area contributed by atoms with Gasteiger partial charge in [-0.05, 0) is 39.2 Å². The van der Waals surface area contributed by atoms with Crippen molar-refractivity contribution in [3.05, 3.63) is 72.8 Å². The van der Waals surface area contributed by atoms with E-state index in [9.17, 15) is 4.79 Å². The molecule has 24 heavy (non-hydrogen) atoms.